The summed E-state index contributed by atoms with van der Waals surface area (Å²) < 4.78 is 47.6. The Hall–Kier alpha value is -2.85. The number of ether oxygens (including phenoxy) is 1. The molecular weight excluding hydrogens is 509 g/mol. The fraction of sp³-hybridized carbons (Fsp3) is 0.586. The van der Waals surface area contributed by atoms with Gasteiger partial charge in [0.2, 0.25) is 0 Å². The summed E-state index contributed by atoms with van der Waals surface area (Å²) in [5, 5.41) is 6.33. The van der Waals surface area contributed by atoms with Crippen molar-refractivity contribution >= 4 is 11.6 Å². The smallest absolute Gasteiger partial charge is 0.382 e. The lowest BCUT2D eigenvalue weighted by molar-refractivity contribution is -0.138. The van der Waals surface area contributed by atoms with Gasteiger partial charge in [-0.15, -0.1) is 0 Å². The van der Waals surface area contributed by atoms with E-state index in [4.69, 9.17) is 4.74 Å². The van der Waals surface area contributed by atoms with E-state index in [1.54, 1.807) is 23.8 Å². The summed E-state index contributed by atoms with van der Waals surface area (Å²) in [5.41, 5.74) is 0.398. The Morgan fingerprint density at radius 1 is 1.18 bits per heavy atom. The first-order chi connectivity index (χ1) is 18.6. The number of pyridine rings is 1. The van der Waals surface area contributed by atoms with Crippen molar-refractivity contribution in [2.75, 3.05) is 38.2 Å². The number of aromatic nitrogens is 1. The maximum Gasteiger partial charge on any atom is 0.416 e. The summed E-state index contributed by atoms with van der Waals surface area (Å²) in [4.78, 5) is 29.4. The van der Waals surface area contributed by atoms with Gasteiger partial charge in [-0.2, -0.15) is 13.2 Å². The Labute approximate surface area is 226 Å². The van der Waals surface area contributed by atoms with E-state index in [9.17, 15) is 22.8 Å². The third kappa shape index (κ3) is 5.59. The summed E-state index contributed by atoms with van der Waals surface area (Å²) in [6, 6.07) is 4.76. The highest BCUT2D eigenvalue weighted by molar-refractivity contribution is 5.99. The molecule has 3 aliphatic rings. The van der Waals surface area contributed by atoms with Crippen molar-refractivity contribution in [1.29, 1.82) is 0 Å². The van der Waals surface area contributed by atoms with Gasteiger partial charge < -0.3 is 19.9 Å². The van der Waals surface area contributed by atoms with Crippen LogP contribution in [0.25, 0.3) is 0 Å². The Morgan fingerprint density at radius 2 is 1.87 bits per heavy atom. The molecule has 1 aromatic heterocycles. The van der Waals surface area contributed by atoms with Crippen LogP contribution in [0.4, 0.5) is 18.9 Å². The highest BCUT2D eigenvalue weighted by atomic mass is 19.4. The summed E-state index contributed by atoms with van der Waals surface area (Å²) >= 11 is 0. The molecule has 1 atom stereocenters. The van der Waals surface area contributed by atoms with Gasteiger partial charge in [0.15, 0.2) is 0 Å². The molecule has 0 aliphatic carbocycles. The van der Waals surface area contributed by atoms with Crippen LogP contribution in [-0.2, 0) is 10.9 Å². The molecule has 3 aliphatic heterocycles. The average molecular weight is 547 g/mol. The molecule has 0 unspecified atom stereocenters. The molecule has 7 nitrogen and oxygen atoms in total. The fourth-order valence-corrected chi connectivity index (χ4v) is 6.68. The van der Waals surface area contributed by atoms with Gasteiger partial charge in [-0.1, -0.05) is 12.1 Å². The summed E-state index contributed by atoms with van der Waals surface area (Å²) in [6.07, 6.45) is 2.90. The van der Waals surface area contributed by atoms with Crippen molar-refractivity contribution in [3.63, 3.8) is 0 Å². The van der Waals surface area contributed by atoms with Gasteiger partial charge in [0.05, 0.1) is 22.9 Å². The second kappa shape index (κ2) is 11.0. The van der Waals surface area contributed by atoms with Crippen LogP contribution in [0.3, 0.4) is 0 Å². The molecule has 10 heteroatoms. The lowest BCUT2D eigenvalue weighted by Crippen LogP contribution is -2.44. The lowest BCUT2D eigenvalue weighted by Gasteiger charge is -2.33. The second-order valence-corrected chi connectivity index (χ2v) is 11.2. The molecule has 3 fully saturated rings. The minimum absolute atomic E-state index is 0.0335. The number of nitrogens with zero attached hydrogens (tertiary/aromatic N) is 2. The van der Waals surface area contributed by atoms with E-state index in [0.29, 0.717) is 49.4 Å². The summed E-state index contributed by atoms with van der Waals surface area (Å²) in [7, 11) is 0. The average Bonchev–Trinajstić information content (AvgIpc) is 3.48. The molecule has 0 radical (unpaired) electrons. The predicted molar refractivity (Wildman–Crippen MR) is 143 cm³/mol. The Bertz CT molecular complexity index is 1260. The SMILES string of the molecule is Cc1c([C@@H](C)NC(=O)c2cn(C3CCOCC3)c(=O)cc2NCC23CCCN2CCC3)cccc1C(F)(F)F. The van der Waals surface area contributed by atoms with Gasteiger partial charge in [-0.25, -0.2) is 0 Å². The van der Waals surface area contributed by atoms with Crippen molar-refractivity contribution in [1.82, 2.24) is 14.8 Å². The fourth-order valence-electron chi connectivity index (χ4n) is 6.68. The Morgan fingerprint density at radius 3 is 2.54 bits per heavy atom. The Kier molecular flexibility index (Phi) is 7.79. The van der Waals surface area contributed by atoms with Crippen molar-refractivity contribution in [2.45, 2.75) is 76.2 Å². The predicted octanol–water partition coefficient (Wildman–Crippen LogP) is 5.06. The summed E-state index contributed by atoms with van der Waals surface area (Å²) in [6.45, 7) is 6.95. The first-order valence-electron chi connectivity index (χ1n) is 13.9. The number of hydrogen-bond acceptors (Lipinski definition) is 5. The molecule has 212 valence electrons. The van der Waals surface area contributed by atoms with Crippen LogP contribution in [0.15, 0.2) is 35.3 Å². The number of alkyl halides is 3. The van der Waals surface area contributed by atoms with Gasteiger partial charge >= 0.3 is 6.18 Å². The zero-order valence-electron chi connectivity index (χ0n) is 22.6. The number of nitrogens with one attached hydrogen (secondary N) is 2. The number of carbonyl (C=O) groups excluding carboxylic acids is 1. The van der Waals surface area contributed by atoms with Crippen LogP contribution < -0.4 is 16.2 Å². The molecule has 1 amide bonds. The van der Waals surface area contributed by atoms with Gasteiger partial charge in [0.1, 0.15) is 0 Å². The van der Waals surface area contributed by atoms with Crippen LogP contribution >= 0.6 is 0 Å². The van der Waals surface area contributed by atoms with Crippen LogP contribution in [0.1, 0.15) is 84.6 Å². The normalized spacial score (nSPS) is 20.5. The standard InChI is InChI=1S/C29H37F3N4O3/c1-19-22(6-3-7-24(19)29(30,31)32)20(2)34-27(38)23-17-36(21-8-14-39-15-9-21)26(37)16-25(23)33-18-28-10-4-12-35(28)13-5-11-28/h3,6-7,16-17,20-21,33H,4-5,8-15,18H2,1-2H3,(H,34,38)/t20-/m1/s1. The van der Waals surface area contributed by atoms with E-state index >= 15 is 0 Å². The molecule has 2 N–H and O–H groups in total. The molecule has 5 rings (SSSR count). The first-order valence-corrected chi connectivity index (χ1v) is 13.9. The lowest BCUT2D eigenvalue weighted by atomic mass is 9.94. The quantitative estimate of drug-likeness (QED) is 0.508. The zero-order valence-corrected chi connectivity index (χ0v) is 22.6. The van der Waals surface area contributed by atoms with Crippen LogP contribution in [-0.4, -0.2) is 53.8 Å². The number of fused-ring (bicyclic) bond motifs is 1. The highest BCUT2D eigenvalue weighted by Crippen LogP contribution is 2.39. The van der Waals surface area contributed by atoms with E-state index in [-0.39, 0.29) is 22.7 Å². The second-order valence-electron chi connectivity index (χ2n) is 11.2. The maximum atomic E-state index is 13.7. The molecule has 4 heterocycles. The molecule has 0 spiro atoms. The van der Waals surface area contributed by atoms with E-state index in [0.717, 1.165) is 44.8 Å². The molecule has 0 bridgehead atoms. The molecule has 39 heavy (non-hydrogen) atoms. The molecule has 2 aromatic rings. The van der Waals surface area contributed by atoms with Crippen LogP contribution in [0.2, 0.25) is 0 Å². The van der Waals surface area contributed by atoms with Crippen molar-refractivity contribution in [3.05, 3.63) is 63.1 Å². The minimum Gasteiger partial charge on any atom is -0.382 e. The number of amides is 1. The van der Waals surface area contributed by atoms with Crippen molar-refractivity contribution in [3.8, 4) is 0 Å². The molecular formula is C29H37F3N4O3. The zero-order chi connectivity index (χ0) is 27.8. The van der Waals surface area contributed by atoms with E-state index in [1.165, 1.54) is 19.1 Å². The minimum atomic E-state index is -4.48. The summed E-state index contributed by atoms with van der Waals surface area (Å²) in [5.74, 6) is -0.435. The van der Waals surface area contributed by atoms with E-state index in [1.807, 2.05) is 0 Å². The topological polar surface area (TPSA) is 75.6 Å². The van der Waals surface area contributed by atoms with Gasteiger partial charge in [0, 0.05) is 43.6 Å². The van der Waals surface area contributed by atoms with E-state index in [2.05, 4.69) is 15.5 Å². The van der Waals surface area contributed by atoms with Gasteiger partial charge in [-0.05, 0) is 82.7 Å². The number of benzene rings is 1. The molecule has 1 aromatic carbocycles. The number of halogens is 3. The third-order valence-electron chi connectivity index (χ3n) is 8.82. The number of anilines is 1. The number of carbonyl (C=O) groups is 1. The van der Waals surface area contributed by atoms with Crippen LogP contribution in [0, 0.1) is 6.92 Å². The third-order valence-corrected chi connectivity index (χ3v) is 8.82. The Balaban J connectivity index is 1.44. The number of hydrogen-bond donors (Lipinski definition) is 2. The van der Waals surface area contributed by atoms with Crippen molar-refractivity contribution < 1.29 is 22.7 Å². The highest BCUT2D eigenvalue weighted by Gasteiger charge is 2.44. The van der Waals surface area contributed by atoms with Gasteiger partial charge in [0.25, 0.3) is 11.5 Å². The molecule has 3 saturated heterocycles. The molecule has 0 saturated carbocycles. The van der Waals surface area contributed by atoms with Crippen molar-refractivity contribution in [2.24, 2.45) is 0 Å². The van der Waals surface area contributed by atoms with Gasteiger partial charge in [-0.3, -0.25) is 14.5 Å². The van der Waals surface area contributed by atoms with E-state index < -0.39 is 23.7 Å². The van der Waals surface area contributed by atoms with Crippen LogP contribution in [0.5, 0.6) is 0 Å². The largest absolute Gasteiger partial charge is 0.416 e. The number of rotatable bonds is 7. The maximum absolute atomic E-state index is 13.7. The first kappa shape index (κ1) is 27.7. The monoisotopic (exact) mass is 546 g/mol.